The lowest BCUT2D eigenvalue weighted by atomic mass is 9.86. The van der Waals surface area contributed by atoms with E-state index in [0.717, 1.165) is 40.7 Å². The molecule has 0 aromatic heterocycles. The molecule has 3 nitrogen and oxygen atoms in total. The smallest absolute Gasteiger partial charge is 0.257 e. The first-order valence-electron chi connectivity index (χ1n) is 12.5. The summed E-state index contributed by atoms with van der Waals surface area (Å²) in [4.78, 5) is 15.8. The lowest BCUT2D eigenvalue weighted by Crippen LogP contribution is -2.47. The first-order chi connectivity index (χ1) is 17.3. The highest BCUT2D eigenvalue weighted by Crippen LogP contribution is 2.49. The van der Waals surface area contributed by atoms with E-state index < -0.39 is 5.72 Å². The predicted octanol–water partition coefficient (Wildman–Crippen LogP) is 7.70. The number of amides is 1. The van der Waals surface area contributed by atoms with Crippen molar-refractivity contribution in [2.75, 3.05) is 0 Å². The van der Waals surface area contributed by atoms with Gasteiger partial charge in [0.05, 0.1) is 6.61 Å². The quantitative estimate of drug-likeness (QED) is 0.349. The molecule has 1 heterocycles. The van der Waals surface area contributed by atoms with Gasteiger partial charge in [-0.2, -0.15) is 0 Å². The molecular weight excluding hydrogens is 466 g/mol. The van der Waals surface area contributed by atoms with Gasteiger partial charge in [0.25, 0.3) is 5.91 Å². The summed E-state index contributed by atoms with van der Waals surface area (Å²) in [5.74, 6) is 0.00262. The zero-order valence-corrected chi connectivity index (χ0v) is 21.9. The second-order valence-corrected chi connectivity index (χ2v) is 11.0. The molecule has 2 aliphatic rings. The van der Waals surface area contributed by atoms with Gasteiger partial charge in [-0.15, -0.1) is 0 Å². The number of allylic oxidation sites excluding steroid dienone is 1. The first kappa shape index (κ1) is 24.5. The number of ether oxygens (including phenoxy) is 1. The second kappa shape index (κ2) is 9.72. The fourth-order valence-electron chi connectivity index (χ4n) is 5.16. The number of benzene rings is 3. The van der Waals surface area contributed by atoms with Crippen molar-refractivity contribution in [1.29, 1.82) is 0 Å². The number of nitrogens with zero attached hydrogens (tertiary/aromatic N) is 1. The number of hydrogen-bond acceptors (Lipinski definition) is 2. The largest absolute Gasteiger partial charge is 0.343 e. The topological polar surface area (TPSA) is 29.5 Å². The predicted molar refractivity (Wildman–Crippen MR) is 145 cm³/mol. The lowest BCUT2D eigenvalue weighted by molar-refractivity contribution is -0.164. The molecule has 5 rings (SSSR count). The molecule has 3 aromatic carbocycles. The van der Waals surface area contributed by atoms with E-state index in [2.05, 4.69) is 63.2 Å². The molecule has 1 unspecified atom stereocenters. The maximum atomic E-state index is 13.9. The van der Waals surface area contributed by atoms with E-state index in [1.54, 1.807) is 0 Å². The van der Waals surface area contributed by atoms with Crippen LogP contribution in [0.1, 0.15) is 55.9 Å². The molecule has 1 aliphatic heterocycles. The Balaban J connectivity index is 1.59. The van der Waals surface area contributed by atoms with E-state index in [1.807, 2.05) is 53.4 Å². The van der Waals surface area contributed by atoms with Crippen LogP contribution in [0.4, 0.5) is 0 Å². The Morgan fingerprint density at radius 1 is 0.917 bits per heavy atom. The van der Waals surface area contributed by atoms with Gasteiger partial charge >= 0.3 is 0 Å². The van der Waals surface area contributed by atoms with Crippen LogP contribution >= 0.6 is 11.6 Å². The maximum Gasteiger partial charge on any atom is 0.257 e. The van der Waals surface area contributed by atoms with E-state index >= 15 is 0 Å². The number of halogens is 1. The summed E-state index contributed by atoms with van der Waals surface area (Å²) in [7, 11) is 0. The summed E-state index contributed by atoms with van der Waals surface area (Å²) in [5.41, 5.74) is 5.19. The van der Waals surface area contributed by atoms with Crippen LogP contribution < -0.4 is 0 Å². The zero-order chi connectivity index (χ0) is 25.3. The van der Waals surface area contributed by atoms with E-state index in [-0.39, 0.29) is 11.3 Å². The van der Waals surface area contributed by atoms with E-state index in [4.69, 9.17) is 16.3 Å². The minimum absolute atomic E-state index is 0.00262. The monoisotopic (exact) mass is 497 g/mol. The maximum absolute atomic E-state index is 13.9. The zero-order valence-electron chi connectivity index (χ0n) is 21.1. The molecule has 3 aromatic rings. The fraction of sp³-hybridized carbons (Fsp3) is 0.281. The average Bonchev–Trinajstić information content (AvgIpc) is 3.12. The van der Waals surface area contributed by atoms with Gasteiger partial charge in [0.15, 0.2) is 5.72 Å². The van der Waals surface area contributed by atoms with Crippen LogP contribution in [0.5, 0.6) is 0 Å². The Hall–Kier alpha value is -3.14. The molecule has 0 N–H and O–H groups in total. The average molecular weight is 498 g/mol. The molecule has 0 fully saturated rings. The molecule has 4 heteroatoms. The van der Waals surface area contributed by atoms with Crippen LogP contribution in [0.15, 0.2) is 102 Å². The van der Waals surface area contributed by atoms with Crippen molar-refractivity contribution in [3.63, 3.8) is 0 Å². The van der Waals surface area contributed by atoms with Crippen molar-refractivity contribution in [3.8, 4) is 0 Å². The van der Waals surface area contributed by atoms with Crippen molar-refractivity contribution in [3.05, 3.63) is 129 Å². The van der Waals surface area contributed by atoms with Crippen molar-refractivity contribution in [1.82, 2.24) is 4.90 Å². The Kier molecular flexibility index (Phi) is 6.63. The van der Waals surface area contributed by atoms with Gasteiger partial charge < -0.3 is 4.74 Å². The van der Waals surface area contributed by atoms with Crippen LogP contribution in [-0.2, 0) is 33.8 Å². The molecule has 1 atom stereocenters. The van der Waals surface area contributed by atoms with Crippen molar-refractivity contribution >= 4 is 17.5 Å². The second-order valence-electron chi connectivity index (χ2n) is 10.6. The molecule has 0 spiro atoms. The molecule has 0 radical (unpaired) electrons. The minimum atomic E-state index is -1.000. The van der Waals surface area contributed by atoms with E-state index in [0.29, 0.717) is 18.2 Å². The molecule has 0 bridgehead atoms. The van der Waals surface area contributed by atoms with Crippen LogP contribution in [-0.4, -0.2) is 10.8 Å². The minimum Gasteiger partial charge on any atom is -0.343 e. The third kappa shape index (κ3) is 4.54. The molecule has 0 saturated carbocycles. The van der Waals surface area contributed by atoms with Crippen LogP contribution in [0, 0.1) is 0 Å². The highest BCUT2D eigenvalue weighted by molar-refractivity contribution is 6.30. The molecular formula is C32H32ClNO2. The summed E-state index contributed by atoms with van der Waals surface area (Å²) in [6.07, 6.45) is 5.71. The summed E-state index contributed by atoms with van der Waals surface area (Å²) in [6.45, 7) is 7.47. The Morgan fingerprint density at radius 3 is 2.28 bits per heavy atom. The highest BCUT2D eigenvalue weighted by Gasteiger charge is 2.53. The van der Waals surface area contributed by atoms with Crippen LogP contribution in [0.2, 0.25) is 5.02 Å². The van der Waals surface area contributed by atoms with Crippen molar-refractivity contribution in [2.24, 2.45) is 0 Å². The third-order valence-electron chi connectivity index (χ3n) is 7.12. The molecule has 36 heavy (non-hydrogen) atoms. The van der Waals surface area contributed by atoms with Gasteiger partial charge in [0.1, 0.15) is 0 Å². The van der Waals surface area contributed by atoms with Crippen LogP contribution in [0.3, 0.4) is 0 Å². The number of carbonyl (C=O) groups is 1. The molecule has 184 valence electrons. The molecule has 1 amide bonds. The number of carbonyl (C=O) groups excluding carboxylic acids is 1. The number of rotatable bonds is 6. The standard InChI is InChI=1S/C32H32ClNO2/c1-31(2,3)25-15-13-24(14-16-25)22-36-32(26-17-19-27(33)20-18-26)29-12-8-7-11-28(29)30(35)34(32)21-23-9-5-4-6-10-23/h4-7,9-11,13-20H,8,12,21-22H2,1-3H3. The molecule has 1 aliphatic carbocycles. The van der Waals surface area contributed by atoms with Gasteiger partial charge in [-0.05, 0) is 52.7 Å². The summed E-state index contributed by atoms with van der Waals surface area (Å²) >= 11 is 6.28. The first-order valence-corrected chi connectivity index (χ1v) is 12.9. The van der Waals surface area contributed by atoms with Gasteiger partial charge in [0.2, 0.25) is 0 Å². The van der Waals surface area contributed by atoms with Crippen LogP contribution in [0.25, 0.3) is 0 Å². The highest BCUT2D eigenvalue weighted by atomic mass is 35.5. The summed E-state index contributed by atoms with van der Waals surface area (Å²) in [6, 6.07) is 26.4. The van der Waals surface area contributed by atoms with E-state index in [9.17, 15) is 4.79 Å². The SMILES string of the molecule is CC(C)(C)c1ccc(COC2(c3ccc(Cl)cc3)C3=C(C=CCC3)C(=O)N2Cc2ccccc2)cc1. The fourth-order valence-corrected chi connectivity index (χ4v) is 5.29. The van der Waals surface area contributed by atoms with E-state index in [1.165, 1.54) is 5.56 Å². The Morgan fingerprint density at radius 2 is 1.61 bits per heavy atom. The number of hydrogen-bond donors (Lipinski definition) is 0. The normalized spacial score (nSPS) is 19.7. The van der Waals surface area contributed by atoms with Gasteiger partial charge in [-0.3, -0.25) is 9.69 Å². The lowest BCUT2D eigenvalue weighted by Gasteiger charge is -2.41. The van der Waals surface area contributed by atoms with Crippen molar-refractivity contribution in [2.45, 2.75) is 57.9 Å². The molecule has 0 saturated heterocycles. The third-order valence-corrected chi connectivity index (χ3v) is 7.37. The Labute approximate surface area is 219 Å². The van der Waals surface area contributed by atoms with Gasteiger partial charge in [-0.1, -0.05) is 111 Å². The summed E-state index contributed by atoms with van der Waals surface area (Å²) < 4.78 is 6.92. The van der Waals surface area contributed by atoms with Gasteiger partial charge in [-0.25, -0.2) is 0 Å². The van der Waals surface area contributed by atoms with Gasteiger partial charge in [0, 0.05) is 22.7 Å². The van der Waals surface area contributed by atoms with Crippen molar-refractivity contribution < 1.29 is 9.53 Å². The Bertz CT molecular complexity index is 1300. The summed E-state index contributed by atoms with van der Waals surface area (Å²) in [5, 5.41) is 0.656.